The summed E-state index contributed by atoms with van der Waals surface area (Å²) in [5, 5.41) is 4.96. The maximum absolute atomic E-state index is 13.6. The molecule has 3 aromatic rings. The first-order valence-corrected chi connectivity index (χ1v) is 16.1. The minimum atomic E-state index is -3.65. The maximum atomic E-state index is 13.6. The van der Waals surface area contributed by atoms with Crippen LogP contribution < -0.4 is 9.62 Å². The molecule has 216 valence electrons. The summed E-state index contributed by atoms with van der Waals surface area (Å²) >= 11 is 12.9. The highest BCUT2D eigenvalue weighted by Crippen LogP contribution is 2.47. The number of carbonyl (C=O) groups is 2. The number of anilines is 1. The van der Waals surface area contributed by atoms with Gasteiger partial charge in [-0.25, -0.2) is 17.9 Å². The average Bonchev–Trinajstić information content (AvgIpc) is 3.37. The first kappa shape index (κ1) is 28.1. The molecule has 1 saturated heterocycles. The molecule has 3 aliphatic rings. The van der Waals surface area contributed by atoms with E-state index in [1.807, 2.05) is 12.1 Å². The minimum absolute atomic E-state index is 0.104. The number of nitrogens with one attached hydrogen (secondary N) is 1. The molecule has 1 aromatic heterocycles. The Bertz CT molecular complexity index is 1580. The molecule has 2 saturated carbocycles. The molecule has 0 spiro atoms. The quantitative estimate of drug-likeness (QED) is 0.298. The van der Waals surface area contributed by atoms with Crippen LogP contribution in [0.1, 0.15) is 71.4 Å². The molecule has 41 heavy (non-hydrogen) atoms. The number of aromatic nitrogens is 1. The van der Waals surface area contributed by atoms with Gasteiger partial charge in [0.15, 0.2) is 5.76 Å². The van der Waals surface area contributed by atoms with Gasteiger partial charge >= 0.3 is 5.97 Å². The highest BCUT2D eigenvalue weighted by Gasteiger charge is 2.47. The van der Waals surface area contributed by atoms with Gasteiger partial charge in [0.05, 0.1) is 15.8 Å². The SMILES string of the molecule is CCCS(=O)(=O)NC(=O)c1ccc(N2C[C@@H]3C[C@H]2C[C@H]3OC(=O)c2c(-c3c(Cl)cccc3Cl)noc2C2CC2)cc1. The Morgan fingerprint density at radius 1 is 1.10 bits per heavy atom. The van der Waals surface area contributed by atoms with Gasteiger partial charge in [-0.1, -0.05) is 41.3 Å². The third-order valence-corrected chi connectivity index (χ3v) is 10.1. The fourth-order valence-corrected chi connectivity index (χ4v) is 7.52. The second-order valence-corrected chi connectivity index (χ2v) is 13.6. The van der Waals surface area contributed by atoms with Crippen LogP contribution in [0.25, 0.3) is 11.3 Å². The van der Waals surface area contributed by atoms with E-state index in [1.165, 1.54) is 0 Å². The number of esters is 1. The number of carbonyl (C=O) groups excluding carboxylic acids is 2. The molecule has 2 heterocycles. The van der Waals surface area contributed by atoms with Crippen LogP contribution in [0.3, 0.4) is 0 Å². The standard InChI is InChI=1S/C29H29Cl2N3O6S/c1-2-12-41(37,38)33-28(35)17-8-10-19(11-9-17)34-15-18-13-20(34)14-23(18)39-29(36)25-26(32-40-27(25)16-6-7-16)24-21(30)4-3-5-22(24)31/h3-5,8-11,16,18,20,23H,2,6-7,12-15H2,1H3,(H,33,35)/t18-,20-,23+/m0/s1. The van der Waals surface area contributed by atoms with Crippen LogP contribution in [0.4, 0.5) is 5.69 Å². The molecule has 2 bridgehead atoms. The minimum Gasteiger partial charge on any atom is -0.458 e. The predicted molar refractivity (Wildman–Crippen MR) is 155 cm³/mol. The lowest BCUT2D eigenvalue weighted by Crippen LogP contribution is -2.39. The number of hydrogen-bond acceptors (Lipinski definition) is 8. The summed E-state index contributed by atoms with van der Waals surface area (Å²) < 4.78 is 37.7. The number of fused-ring (bicyclic) bond motifs is 2. The molecule has 9 nitrogen and oxygen atoms in total. The van der Waals surface area contributed by atoms with E-state index in [-0.39, 0.29) is 35.3 Å². The smallest absolute Gasteiger partial charge is 0.344 e. The van der Waals surface area contributed by atoms with Crippen molar-refractivity contribution < 1.29 is 27.3 Å². The molecular weight excluding hydrogens is 589 g/mol. The fourth-order valence-electron chi connectivity index (χ4n) is 5.91. The molecule has 0 radical (unpaired) electrons. The van der Waals surface area contributed by atoms with E-state index in [1.54, 1.807) is 37.3 Å². The second-order valence-electron chi connectivity index (χ2n) is 10.9. The summed E-state index contributed by atoms with van der Waals surface area (Å²) in [6, 6.07) is 12.2. The van der Waals surface area contributed by atoms with Gasteiger partial charge in [-0.05, 0) is 62.1 Å². The maximum Gasteiger partial charge on any atom is 0.344 e. The van der Waals surface area contributed by atoms with Crippen molar-refractivity contribution >= 4 is 50.8 Å². The number of piperidine rings is 1. The zero-order valence-electron chi connectivity index (χ0n) is 22.3. The molecule has 3 fully saturated rings. The third kappa shape index (κ3) is 5.57. The molecule has 6 rings (SSSR count). The molecule has 2 aliphatic carbocycles. The monoisotopic (exact) mass is 617 g/mol. The lowest BCUT2D eigenvalue weighted by atomic mass is 10.0. The van der Waals surface area contributed by atoms with Crippen molar-refractivity contribution in [3.63, 3.8) is 0 Å². The molecular formula is C29H29Cl2N3O6S. The van der Waals surface area contributed by atoms with Crippen LogP contribution >= 0.6 is 23.2 Å². The van der Waals surface area contributed by atoms with E-state index >= 15 is 0 Å². The number of sulfonamides is 1. The highest BCUT2D eigenvalue weighted by atomic mass is 35.5. The number of nitrogens with zero attached hydrogens (tertiary/aromatic N) is 2. The molecule has 1 N–H and O–H groups in total. The topological polar surface area (TPSA) is 119 Å². The zero-order valence-corrected chi connectivity index (χ0v) is 24.6. The van der Waals surface area contributed by atoms with Gasteiger partial charge in [0.1, 0.15) is 17.4 Å². The van der Waals surface area contributed by atoms with Gasteiger partial charge in [-0.2, -0.15) is 0 Å². The van der Waals surface area contributed by atoms with Crippen LogP contribution in [0.2, 0.25) is 10.0 Å². The Labute approximate surface area is 248 Å². The Balaban J connectivity index is 1.14. The lowest BCUT2D eigenvalue weighted by Gasteiger charge is -2.33. The van der Waals surface area contributed by atoms with E-state index in [9.17, 15) is 18.0 Å². The Hall–Kier alpha value is -3.08. The van der Waals surface area contributed by atoms with E-state index in [0.717, 1.165) is 24.9 Å². The van der Waals surface area contributed by atoms with Crippen molar-refractivity contribution in [1.29, 1.82) is 0 Å². The Morgan fingerprint density at radius 3 is 2.41 bits per heavy atom. The largest absolute Gasteiger partial charge is 0.458 e. The van der Waals surface area contributed by atoms with Crippen molar-refractivity contribution in [2.45, 2.75) is 57.1 Å². The van der Waals surface area contributed by atoms with E-state index in [4.69, 9.17) is 32.5 Å². The first-order chi connectivity index (χ1) is 19.6. The summed E-state index contributed by atoms with van der Waals surface area (Å²) in [6.45, 7) is 2.43. The average molecular weight is 619 g/mol. The Morgan fingerprint density at radius 2 is 1.80 bits per heavy atom. The highest BCUT2D eigenvalue weighted by molar-refractivity contribution is 7.90. The fraction of sp³-hybridized carbons (Fsp3) is 0.414. The van der Waals surface area contributed by atoms with Crippen molar-refractivity contribution in [1.82, 2.24) is 9.88 Å². The van der Waals surface area contributed by atoms with Crippen molar-refractivity contribution in [3.05, 3.63) is 69.4 Å². The van der Waals surface area contributed by atoms with Crippen molar-refractivity contribution in [2.24, 2.45) is 5.92 Å². The van der Waals surface area contributed by atoms with Gasteiger partial charge in [0, 0.05) is 47.7 Å². The lowest BCUT2D eigenvalue weighted by molar-refractivity contribution is 0.0191. The summed E-state index contributed by atoms with van der Waals surface area (Å²) in [4.78, 5) is 28.2. The number of halogens is 2. The number of hydrogen-bond donors (Lipinski definition) is 1. The number of amides is 1. The van der Waals surface area contributed by atoms with Crippen molar-refractivity contribution in [2.75, 3.05) is 17.2 Å². The third-order valence-electron chi connectivity index (χ3n) is 7.99. The number of benzene rings is 2. The number of ether oxygens (including phenoxy) is 1. The van der Waals surface area contributed by atoms with E-state index < -0.39 is 21.9 Å². The van der Waals surface area contributed by atoms with E-state index in [0.29, 0.717) is 52.0 Å². The first-order valence-electron chi connectivity index (χ1n) is 13.7. The van der Waals surface area contributed by atoms with Crippen molar-refractivity contribution in [3.8, 4) is 11.3 Å². The van der Waals surface area contributed by atoms with Gasteiger partial charge in [0.25, 0.3) is 5.91 Å². The second kappa shape index (κ2) is 11.0. The molecule has 1 aliphatic heterocycles. The van der Waals surface area contributed by atoms with Gasteiger partial charge < -0.3 is 14.2 Å². The summed E-state index contributed by atoms with van der Waals surface area (Å²) in [6.07, 6.45) is 3.55. The van der Waals surface area contributed by atoms with Crippen LogP contribution in [0.15, 0.2) is 47.0 Å². The van der Waals surface area contributed by atoms with Crippen LogP contribution in [0, 0.1) is 5.92 Å². The number of rotatable bonds is 9. The molecule has 12 heteroatoms. The van der Waals surface area contributed by atoms with Crippen LogP contribution in [-0.4, -0.2) is 49.9 Å². The van der Waals surface area contributed by atoms with Gasteiger partial charge in [-0.15, -0.1) is 0 Å². The molecule has 2 aromatic carbocycles. The summed E-state index contributed by atoms with van der Waals surface area (Å²) in [7, 11) is -3.65. The molecule has 0 unspecified atom stereocenters. The molecule has 3 atom stereocenters. The zero-order chi connectivity index (χ0) is 28.9. The summed E-state index contributed by atoms with van der Waals surface area (Å²) in [5.41, 5.74) is 2.28. The molecule has 1 amide bonds. The Kier molecular flexibility index (Phi) is 7.50. The van der Waals surface area contributed by atoms with Crippen LogP contribution in [-0.2, 0) is 14.8 Å². The van der Waals surface area contributed by atoms with E-state index in [2.05, 4.69) is 14.8 Å². The normalized spacial score (nSPS) is 21.7. The van der Waals surface area contributed by atoms with Gasteiger partial charge in [0.2, 0.25) is 10.0 Å². The summed E-state index contributed by atoms with van der Waals surface area (Å²) in [5.74, 6) is -0.422. The van der Waals surface area contributed by atoms with Crippen LogP contribution in [0.5, 0.6) is 0 Å². The van der Waals surface area contributed by atoms with Gasteiger partial charge in [-0.3, -0.25) is 4.79 Å². The predicted octanol–water partition coefficient (Wildman–Crippen LogP) is 5.82.